The quantitative estimate of drug-likeness (QED) is 0.121. The molecule has 0 spiro atoms. The highest BCUT2D eigenvalue weighted by Gasteiger charge is 2.24. The fraction of sp³-hybridized carbons (Fsp3) is 0.0938. The second-order valence-electron chi connectivity index (χ2n) is 17.7. The van der Waals surface area contributed by atoms with Gasteiger partial charge in [0.2, 0.25) is 0 Å². The van der Waals surface area contributed by atoms with E-state index in [-0.39, 0.29) is 0 Å². The maximum Gasteiger partial charge on any atom is 0.0541 e. The van der Waals surface area contributed by atoms with E-state index in [1.54, 1.807) is 0 Å². The summed E-state index contributed by atoms with van der Waals surface area (Å²) in [4.78, 5) is 9.62. The van der Waals surface area contributed by atoms with Crippen LogP contribution in [0, 0.1) is 41.5 Å². The zero-order valence-corrected chi connectivity index (χ0v) is 39.7. The number of fused-ring (bicyclic) bond motifs is 1. The lowest BCUT2D eigenvalue weighted by atomic mass is 10.0. The molecule has 10 aromatic carbocycles. The number of rotatable bonds is 12. The number of para-hydroxylation sites is 6. The van der Waals surface area contributed by atoms with Crippen molar-refractivity contribution in [2.75, 3.05) is 19.6 Å². The van der Waals surface area contributed by atoms with E-state index in [9.17, 15) is 0 Å². The molecule has 332 valence electrons. The van der Waals surface area contributed by atoms with Gasteiger partial charge in [-0.25, -0.2) is 0 Å². The number of hydrogen-bond acceptors (Lipinski definition) is 4. The lowest BCUT2D eigenvalue weighted by Gasteiger charge is -2.33. The zero-order chi connectivity index (χ0) is 46.7. The van der Waals surface area contributed by atoms with E-state index in [1.165, 1.54) is 33.4 Å². The summed E-state index contributed by atoms with van der Waals surface area (Å²) in [5.74, 6) is 0. The minimum Gasteiger partial charge on any atom is -0.310 e. The van der Waals surface area contributed by atoms with Crippen LogP contribution in [0.1, 0.15) is 33.4 Å². The highest BCUT2D eigenvalue weighted by Crippen LogP contribution is 2.48. The molecule has 0 fully saturated rings. The molecule has 0 aliphatic carbocycles. The Bertz CT molecular complexity index is 3070. The molecule has 0 aliphatic heterocycles. The lowest BCUT2D eigenvalue weighted by Crippen LogP contribution is -2.16. The summed E-state index contributed by atoms with van der Waals surface area (Å²) < 4.78 is 0. The van der Waals surface area contributed by atoms with Crippen LogP contribution in [0.3, 0.4) is 0 Å². The molecule has 10 rings (SSSR count). The number of nitrogens with zero attached hydrogens (tertiary/aromatic N) is 4. The van der Waals surface area contributed by atoms with Crippen LogP contribution >= 0.6 is 0 Å². The minimum atomic E-state index is 1.08. The van der Waals surface area contributed by atoms with E-state index in [1.807, 2.05) is 0 Å². The lowest BCUT2D eigenvalue weighted by molar-refractivity contribution is 1.21. The van der Waals surface area contributed by atoms with Gasteiger partial charge in [-0.3, -0.25) is 0 Å². The molecular weight excluding hydrogens is 825 g/mol. The van der Waals surface area contributed by atoms with Gasteiger partial charge >= 0.3 is 0 Å². The first-order valence-corrected chi connectivity index (χ1v) is 23.5. The van der Waals surface area contributed by atoms with E-state index in [2.05, 4.69) is 292 Å². The topological polar surface area (TPSA) is 13.0 Å². The van der Waals surface area contributed by atoms with Crippen molar-refractivity contribution >= 4 is 79.0 Å². The van der Waals surface area contributed by atoms with Crippen molar-refractivity contribution in [1.82, 2.24) is 0 Å². The maximum atomic E-state index is 2.43. The summed E-state index contributed by atoms with van der Waals surface area (Å²) in [5, 5.41) is 2.30. The molecule has 0 saturated heterocycles. The van der Waals surface area contributed by atoms with Crippen LogP contribution in [0.25, 0.3) is 10.8 Å². The Kier molecular flexibility index (Phi) is 12.1. The van der Waals surface area contributed by atoms with Crippen LogP contribution in [0.4, 0.5) is 68.2 Å². The number of hydrogen-bond donors (Lipinski definition) is 0. The van der Waals surface area contributed by atoms with E-state index in [0.717, 1.165) is 79.0 Å². The van der Waals surface area contributed by atoms with E-state index >= 15 is 0 Å². The summed E-state index contributed by atoms with van der Waals surface area (Å²) >= 11 is 0. The molecule has 0 atom stereocenters. The summed E-state index contributed by atoms with van der Waals surface area (Å²) in [6.07, 6.45) is 0. The predicted octanol–water partition coefficient (Wildman–Crippen LogP) is 18.6. The zero-order valence-electron chi connectivity index (χ0n) is 39.7. The molecule has 0 aliphatic rings. The Morgan fingerprint density at radius 2 is 0.353 bits per heavy atom. The highest BCUT2D eigenvalue weighted by atomic mass is 15.2. The molecule has 10 aromatic rings. The minimum absolute atomic E-state index is 1.08. The standard InChI is InChI=1S/C64H56N4/c1-45-21-7-15-29-57(45)65(58-30-16-8-22-46(58)2)51-35-39-53(40-36-51)67(61-33-19-11-25-49(61)5)63-43-44-64(56-28-14-13-27-55(56)63)68(62-34-20-12-26-50(62)6)54-41-37-52(38-42-54)66(59-31-17-9-23-47(59)3)60-32-18-10-24-48(60)4/h7-44H,1-6H3. The molecule has 0 N–H and O–H groups in total. The Hall–Kier alpha value is -8.34. The first-order chi connectivity index (χ1) is 33.3. The van der Waals surface area contributed by atoms with Crippen molar-refractivity contribution in [2.24, 2.45) is 0 Å². The van der Waals surface area contributed by atoms with Gasteiger partial charge in [0.15, 0.2) is 0 Å². The van der Waals surface area contributed by atoms with Gasteiger partial charge in [-0.1, -0.05) is 133 Å². The van der Waals surface area contributed by atoms with Crippen LogP contribution in [0.5, 0.6) is 0 Å². The third kappa shape index (κ3) is 8.26. The second-order valence-corrected chi connectivity index (χ2v) is 17.7. The molecule has 0 aromatic heterocycles. The summed E-state index contributed by atoms with van der Waals surface area (Å²) in [7, 11) is 0. The molecule has 4 nitrogen and oxygen atoms in total. The smallest absolute Gasteiger partial charge is 0.0541 e. The average molecular weight is 881 g/mol. The maximum absolute atomic E-state index is 2.43. The summed E-state index contributed by atoms with van der Waals surface area (Å²) in [6, 6.07) is 83.5. The Labute approximate surface area is 402 Å². The number of anilines is 12. The van der Waals surface area contributed by atoms with Crippen LogP contribution in [-0.4, -0.2) is 0 Å². The fourth-order valence-corrected chi connectivity index (χ4v) is 9.68. The average Bonchev–Trinajstić information content (AvgIpc) is 3.36. The van der Waals surface area contributed by atoms with Crippen molar-refractivity contribution < 1.29 is 0 Å². The normalized spacial score (nSPS) is 11.1. The molecule has 68 heavy (non-hydrogen) atoms. The van der Waals surface area contributed by atoms with Crippen LogP contribution in [0.15, 0.2) is 231 Å². The van der Waals surface area contributed by atoms with Crippen LogP contribution in [-0.2, 0) is 0 Å². The monoisotopic (exact) mass is 880 g/mol. The first kappa shape index (κ1) is 43.5. The van der Waals surface area contributed by atoms with Gasteiger partial charge in [-0.05, 0) is 172 Å². The van der Waals surface area contributed by atoms with Gasteiger partial charge in [-0.2, -0.15) is 0 Å². The van der Waals surface area contributed by atoms with Gasteiger partial charge < -0.3 is 19.6 Å². The fourth-order valence-electron chi connectivity index (χ4n) is 9.68. The summed E-state index contributed by atoms with van der Waals surface area (Å²) in [5.41, 5.74) is 20.7. The van der Waals surface area contributed by atoms with Gasteiger partial charge in [0.1, 0.15) is 0 Å². The second kappa shape index (κ2) is 18.9. The molecule has 0 amide bonds. The number of aryl methyl sites for hydroxylation is 6. The first-order valence-electron chi connectivity index (χ1n) is 23.5. The third-order valence-electron chi connectivity index (χ3n) is 13.2. The molecule has 0 bridgehead atoms. The third-order valence-corrected chi connectivity index (χ3v) is 13.2. The number of benzene rings is 10. The van der Waals surface area contributed by atoms with Crippen molar-refractivity contribution in [1.29, 1.82) is 0 Å². The molecular formula is C64H56N4. The van der Waals surface area contributed by atoms with E-state index in [0.29, 0.717) is 0 Å². The van der Waals surface area contributed by atoms with Gasteiger partial charge in [0.25, 0.3) is 0 Å². The molecule has 0 saturated carbocycles. The Balaban J connectivity index is 1.11. The van der Waals surface area contributed by atoms with Crippen LogP contribution in [0.2, 0.25) is 0 Å². The largest absolute Gasteiger partial charge is 0.310 e. The van der Waals surface area contributed by atoms with Gasteiger partial charge in [0, 0.05) is 67.6 Å². The molecule has 0 unspecified atom stereocenters. The van der Waals surface area contributed by atoms with Crippen molar-refractivity contribution in [3.05, 3.63) is 264 Å². The highest BCUT2D eigenvalue weighted by molar-refractivity contribution is 6.08. The van der Waals surface area contributed by atoms with E-state index < -0.39 is 0 Å². The van der Waals surface area contributed by atoms with E-state index in [4.69, 9.17) is 0 Å². The Morgan fingerprint density at radius 3 is 0.559 bits per heavy atom. The van der Waals surface area contributed by atoms with Crippen LogP contribution < -0.4 is 19.6 Å². The Morgan fingerprint density at radius 1 is 0.176 bits per heavy atom. The molecule has 4 heteroatoms. The summed E-state index contributed by atoms with van der Waals surface area (Å²) in [6.45, 7) is 13.2. The SMILES string of the molecule is Cc1ccccc1N(c1ccc(N(c2ccccc2C)c2ccc(N(c3ccc(N(c4ccccc4C)c4ccccc4C)cc3)c3ccccc3C)c3ccccc23)cc1)c1ccccc1C. The molecule has 0 heterocycles. The van der Waals surface area contributed by atoms with Crippen molar-refractivity contribution in [3.8, 4) is 0 Å². The van der Waals surface area contributed by atoms with Gasteiger partial charge in [-0.15, -0.1) is 0 Å². The molecule has 0 radical (unpaired) electrons. The van der Waals surface area contributed by atoms with Crippen molar-refractivity contribution in [2.45, 2.75) is 41.5 Å². The van der Waals surface area contributed by atoms with Crippen molar-refractivity contribution in [3.63, 3.8) is 0 Å². The predicted molar refractivity (Wildman–Crippen MR) is 291 cm³/mol. The van der Waals surface area contributed by atoms with Gasteiger partial charge in [0.05, 0.1) is 11.4 Å².